The molecule has 7 nitrogen and oxygen atoms in total. The molecule has 0 saturated carbocycles. The molecular formula is C23H27FN4O3. The van der Waals surface area contributed by atoms with Crippen molar-refractivity contribution in [1.29, 1.82) is 0 Å². The maximum atomic E-state index is 13.9. The number of hydrogen-bond acceptors (Lipinski definition) is 4. The lowest BCUT2D eigenvalue weighted by molar-refractivity contribution is -0.121. The molecule has 1 amide bonds. The van der Waals surface area contributed by atoms with Gasteiger partial charge in [0, 0.05) is 37.0 Å². The van der Waals surface area contributed by atoms with Crippen molar-refractivity contribution in [3.05, 3.63) is 69.5 Å². The van der Waals surface area contributed by atoms with Crippen LogP contribution < -0.4 is 10.9 Å². The number of aromatic amines is 1. The van der Waals surface area contributed by atoms with E-state index in [2.05, 4.69) is 15.4 Å². The number of H-pyrrole nitrogens is 1. The first-order valence-corrected chi connectivity index (χ1v) is 10.7. The Kier molecular flexibility index (Phi) is 6.18. The van der Waals surface area contributed by atoms with Crippen LogP contribution >= 0.6 is 0 Å². The monoisotopic (exact) mass is 426 g/mol. The zero-order valence-corrected chi connectivity index (χ0v) is 17.7. The van der Waals surface area contributed by atoms with Crippen LogP contribution in [0.2, 0.25) is 0 Å². The molecule has 1 aliphatic heterocycles. The van der Waals surface area contributed by atoms with Crippen molar-refractivity contribution < 1.29 is 13.9 Å². The molecule has 3 aromatic rings. The summed E-state index contributed by atoms with van der Waals surface area (Å²) < 4.78 is 20.8. The average Bonchev–Trinajstić information content (AvgIpc) is 3.19. The minimum Gasteiger partial charge on any atom is -0.381 e. The highest BCUT2D eigenvalue weighted by atomic mass is 19.1. The quantitative estimate of drug-likeness (QED) is 0.634. The Balaban J connectivity index is 1.58. The number of carbonyl (C=O) groups excluding carboxylic acids is 1. The van der Waals surface area contributed by atoms with E-state index in [-0.39, 0.29) is 23.8 Å². The standard InChI is InChI=1S/C23H27FN4O3/c1-14(2)23(26-21(29)11-16-5-3-4-6-17(16)24)19-13-22(30)28-20(25-19)12-18(27-28)15-7-9-31-10-8-15/h3-6,12-15,23,27H,7-11H2,1-2H3,(H,26,29)/t23-/m0/s1. The Morgan fingerprint density at radius 1 is 1.29 bits per heavy atom. The number of carbonyl (C=O) groups is 1. The van der Waals surface area contributed by atoms with Crippen molar-refractivity contribution in [3.8, 4) is 0 Å². The summed E-state index contributed by atoms with van der Waals surface area (Å²) >= 11 is 0. The van der Waals surface area contributed by atoms with Crippen LogP contribution in [0.3, 0.4) is 0 Å². The third kappa shape index (κ3) is 4.69. The van der Waals surface area contributed by atoms with Gasteiger partial charge in [0.2, 0.25) is 5.91 Å². The van der Waals surface area contributed by atoms with Gasteiger partial charge in [0.05, 0.1) is 18.2 Å². The number of aromatic nitrogens is 3. The van der Waals surface area contributed by atoms with E-state index in [0.29, 0.717) is 36.0 Å². The molecule has 1 aliphatic rings. The van der Waals surface area contributed by atoms with Gasteiger partial charge in [-0.1, -0.05) is 32.0 Å². The number of nitrogens with one attached hydrogen (secondary N) is 2. The van der Waals surface area contributed by atoms with E-state index >= 15 is 0 Å². The molecule has 0 aliphatic carbocycles. The normalized spacial score (nSPS) is 16.0. The molecule has 0 unspecified atom stereocenters. The Hall–Kier alpha value is -3.00. The lowest BCUT2D eigenvalue weighted by Gasteiger charge is -2.22. The number of halogens is 1. The number of fused-ring (bicyclic) bond motifs is 1. The number of amides is 1. The van der Waals surface area contributed by atoms with Crippen LogP contribution in [0.1, 0.15) is 55.6 Å². The topological polar surface area (TPSA) is 88.5 Å². The number of hydrogen-bond donors (Lipinski definition) is 2. The second-order valence-corrected chi connectivity index (χ2v) is 8.37. The fourth-order valence-corrected chi connectivity index (χ4v) is 4.03. The van der Waals surface area contributed by atoms with Crippen molar-refractivity contribution in [2.24, 2.45) is 5.92 Å². The second kappa shape index (κ2) is 9.01. The Bertz CT molecular complexity index is 1130. The summed E-state index contributed by atoms with van der Waals surface area (Å²) in [6.45, 7) is 5.30. The lowest BCUT2D eigenvalue weighted by atomic mass is 9.97. The molecule has 1 fully saturated rings. The molecule has 4 rings (SSSR count). The van der Waals surface area contributed by atoms with Gasteiger partial charge in [0.1, 0.15) is 5.82 Å². The van der Waals surface area contributed by atoms with Gasteiger partial charge < -0.3 is 10.1 Å². The number of rotatable bonds is 6. The first-order chi connectivity index (χ1) is 14.9. The van der Waals surface area contributed by atoms with Gasteiger partial charge in [-0.3, -0.25) is 14.7 Å². The Morgan fingerprint density at radius 3 is 2.74 bits per heavy atom. The summed E-state index contributed by atoms with van der Waals surface area (Å²) in [6.07, 6.45) is 1.72. The first-order valence-electron chi connectivity index (χ1n) is 10.7. The highest BCUT2D eigenvalue weighted by molar-refractivity contribution is 5.79. The third-order valence-corrected chi connectivity index (χ3v) is 5.76. The minimum atomic E-state index is -0.460. The van der Waals surface area contributed by atoms with Gasteiger partial charge in [-0.05, 0) is 30.4 Å². The van der Waals surface area contributed by atoms with E-state index in [1.807, 2.05) is 19.9 Å². The summed E-state index contributed by atoms with van der Waals surface area (Å²) in [5.41, 5.74) is 2.09. The average molecular weight is 426 g/mol. The van der Waals surface area contributed by atoms with Crippen LogP contribution in [-0.2, 0) is 16.0 Å². The molecule has 0 spiro atoms. The van der Waals surface area contributed by atoms with Gasteiger partial charge in [-0.15, -0.1) is 0 Å². The molecule has 2 N–H and O–H groups in total. The zero-order valence-electron chi connectivity index (χ0n) is 17.7. The number of benzene rings is 1. The molecule has 8 heteroatoms. The molecule has 1 aromatic carbocycles. The summed E-state index contributed by atoms with van der Waals surface area (Å²) in [4.78, 5) is 30.0. The highest BCUT2D eigenvalue weighted by Gasteiger charge is 2.23. The van der Waals surface area contributed by atoms with Crippen molar-refractivity contribution in [2.75, 3.05) is 13.2 Å². The van der Waals surface area contributed by atoms with E-state index in [4.69, 9.17) is 4.74 Å². The van der Waals surface area contributed by atoms with Crippen molar-refractivity contribution >= 4 is 11.6 Å². The van der Waals surface area contributed by atoms with E-state index in [1.54, 1.807) is 18.2 Å². The van der Waals surface area contributed by atoms with Crippen LogP contribution in [0.5, 0.6) is 0 Å². The molecule has 2 aromatic heterocycles. The lowest BCUT2D eigenvalue weighted by Crippen LogP contribution is -2.34. The van der Waals surface area contributed by atoms with Crippen LogP contribution in [0.4, 0.5) is 4.39 Å². The number of ether oxygens (including phenoxy) is 1. The minimum absolute atomic E-state index is 0.00664. The Labute approximate surface area is 179 Å². The van der Waals surface area contributed by atoms with Crippen LogP contribution in [-0.4, -0.2) is 33.7 Å². The molecule has 0 bridgehead atoms. The highest BCUT2D eigenvalue weighted by Crippen LogP contribution is 2.26. The third-order valence-electron chi connectivity index (χ3n) is 5.76. The van der Waals surface area contributed by atoms with Gasteiger partial charge >= 0.3 is 0 Å². The van der Waals surface area contributed by atoms with Crippen LogP contribution in [0, 0.1) is 11.7 Å². The van der Waals surface area contributed by atoms with Crippen LogP contribution in [0.25, 0.3) is 5.65 Å². The predicted molar refractivity (Wildman–Crippen MR) is 114 cm³/mol. The second-order valence-electron chi connectivity index (χ2n) is 8.37. The molecule has 3 heterocycles. The van der Waals surface area contributed by atoms with E-state index in [9.17, 15) is 14.0 Å². The molecule has 1 saturated heterocycles. The fraction of sp³-hybridized carbons (Fsp3) is 0.435. The molecule has 1 atom stereocenters. The van der Waals surface area contributed by atoms with Gasteiger partial charge in [-0.25, -0.2) is 13.9 Å². The van der Waals surface area contributed by atoms with Crippen molar-refractivity contribution in [1.82, 2.24) is 19.9 Å². The largest absolute Gasteiger partial charge is 0.381 e. The van der Waals surface area contributed by atoms with Gasteiger partial charge in [0.25, 0.3) is 5.56 Å². The van der Waals surface area contributed by atoms with Gasteiger partial charge in [-0.2, -0.15) is 0 Å². The molecule has 31 heavy (non-hydrogen) atoms. The number of nitrogens with zero attached hydrogens (tertiary/aromatic N) is 2. The maximum Gasteiger partial charge on any atom is 0.272 e. The van der Waals surface area contributed by atoms with Crippen LogP contribution in [0.15, 0.2) is 41.2 Å². The molecule has 164 valence electrons. The smallest absolute Gasteiger partial charge is 0.272 e. The van der Waals surface area contributed by atoms with Crippen molar-refractivity contribution in [2.45, 2.75) is 45.1 Å². The molecule has 0 radical (unpaired) electrons. The first kappa shape index (κ1) is 21.2. The summed E-state index contributed by atoms with van der Waals surface area (Å²) in [6, 6.07) is 9.10. The fourth-order valence-electron chi connectivity index (χ4n) is 4.03. The summed E-state index contributed by atoms with van der Waals surface area (Å²) in [5.74, 6) is -0.431. The SMILES string of the molecule is CC(C)[C@H](NC(=O)Cc1ccccc1F)c1cc(=O)n2[nH]c(C3CCOCC3)cc2n1. The maximum absolute atomic E-state index is 13.9. The summed E-state index contributed by atoms with van der Waals surface area (Å²) in [5, 5.41) is 6.09. The van der Waals surface area contributed by atoms with E-state index < -0.39 is 11.9 Å². The van der Waals surface area contributed by atoms with E-state index in [1.165, 1.54) is 16.6 Å². The van der Waals surface area contributed by atoms with Gasteiger partial charge in [0.15, 0.2) is 5.65 Å². The Morgan fingerprint density at radius 2 is 2.03 bits per heavy atom. The van der Waals surface area contributed by atoms with E-state index in [0.717, 1.165) is 18.5 Å². The predicted octanol–water partition coefficient (Wildman–Crippen LogP) is 3.11. The zero-order chi connectivity index (χ0) is 22.0. The summed E-state index contributed by atoms with van der Waals surface area (Å²) in [7, 11) is 0. The van der Waals surface area contributed by atoms with Crippen molar-refractivity contribution in [3.63, 3.8) is 0 Å². The molecular weight excluding hydrogens is 399 g/mol.